The fraction of sp³-hybridized carbons (Fsp3) is 0.167. The molecule has 0 spiro atoms. The van der Waals surface area contributed by atoms with Gasteiger partial charge in [-0.15, -0.1) is 11.3 Å². The average Bonchev–Trinajstić information content (AvgIpc) is 3.07. The molecule has 0 saturated heterocycles. The van der Waals surface area contributed by atoms with Crippen LogP contribution in [0, 0.1) is 11.3 Å². The SMILES string of the molecule is N#CC1=C(N)OC2=C(CCc3ccccc32)[C@H]1c1cccs1. The number of fused-ring (bicyclic) bond motifs is 2. The van der Waals surface area contributed by atoms with E-state index in [1.807, 2.05) is 23.6 Å². The summed E-state index contributed by atoms with van der Waals surface area (Å²) in [5.74, 6) is 1.01. The Kier molecular flexibility index (Phi) is 3.02. The van der Waals surface area contributed by atoms with Crippen molar-refractivity contribution in [2.45, 2.75) is 18.8 Å². The summed E-state index contributed by atoms with van der Waals surface area (Å²) in [4.78, 5) is 1.15. The van der Waals surface area contributed by atoms with E-state index >= 15 is 0 Å². The number of aryl methyl sites for hydroxylation is 1. The summed E-state index contributed by atoms with van der Waals surface area (Å²) in [7, 11) is 0. The first kappa shape index (κ1) is 13.2. The Morgan fingerprint density at radius 3 is 2.82 bits per heavy atom. The minimum Gasteiger partial charge on any atom is -0.440 e. The molecule has 2 aromatic rings. The second-order valence-corrected chi connectivity index (χ2v) is 6.43. The normalized spacial score (nSPS) is 20.0. The minimum atomic E-state index is -0.0675. The van der Waals surface area contributed by atoms with Crippen LogP contribution >= 0.6 is 11.3 Å². The molecule has 3 nitrogen and oxygen atoms in total. The molecule has 0 amide bonds. The quantitative estimate of drug-likeness (QED) is 0.869. The van der Waals surface area contributed by atoms with Gasteiger partial charge >= 0.3 is 0 Å². The maximum atomic E-state index is 9.53. The van der Waals surface area contributed by atoms with Crippen molar-refractivity contribution in [3.63, 3.8) is 0 Å². The number of ether oxygens (including phenoxy) is 1. The second-order valence-electron chi connectivity index (χ2n) is 5.45. The van der Waals surface area contributed by atoms with Crippen molar-refractivity contribution < 1.29 is 4.74 Å². The molecule has 2 heterocycles. The number of nitrogens with two attached hydrogens (primary N) is 1. The summed E-state index contributed by atoms with van der Waals surface area (Å²) in [5.41, 5.74) is 10.1. The van der Waals surface area contributed by atoms with Crippen molar-refractivity contribution in [3.05, 3.63) is 74.8 Å². The van der Waals surface area contributed by atoms with Gasteiger partial charge in [-0.2, -0.15) is 5.26 Å². The van der Waals surface area contributed by atoms with Gasteiger partial charge < -0.3 is 10.5 Å². The molecular formula is C18H14N2OS. The minimum absolute atomic E-state index is 0.0675. The number of nitrogens with zero attached hydrogens (tertiary/aromatic N) is 1. The first-order chi connectivity index (χ1) is 10.8. The molecule has 0 saturated carbocycles. The first-order valence-corrected chi connectivity index (χ1v) is 8.10. The molecule has 0 radical (unpaired) electrons. The van der Waals surface area contributed by atoms with Gasteiger partial charge in [-0.3, -0.25) is 0 Å². The first-order valence-electron chi connectivity index (χ1n) is 7.22. The van der Waals surface area contributed by atoms with E-state index in [0.29, 0.717) is 5.57 Å². The van der Waals surface area contributed by atoms with Crippen molar-refractivity contribution in [3.8, 4) is 6.07 Å². The number of nitriles is 1. The van der Waals surface area contributed by atoms with Crippen LogP contribution in [-0.4, -0.2) is 0 Å². The van der Waals surface area contributed by atoms with Crippen molar-refractivity contribution in [1.82, 2.24) is 0 Å². The van der Waals surface area contributed by atoms with E-state index in [1.54, 1.807) is 11.3 Å². The Morgan fingerprint density at radius 2 is 2.05 bits per heavy atom. The molecule has 0 fully saturated rings. The maximum Gasteiger partial charge on any atom is 0.205 e. The lowest BCUT2D eigenvalue weighted by molar-refractivity contribution is 0.350. The molecule has 22 heavy (non-hydrogen) atoms. The predicted octanol–water partition coefficient (Wildman–Crippen LogP) is 3.91. The predicted molar refractivity (Wildman–Crippen MR) is 86.7 cm³/mol. The Balaban J connectivity index is 1.93. The van der Waals surface area contributed by atoms with Crippen molar-refractivity contribution in [2.24, 2.45) is 5.73 Å². The highest BCUT2D eigenvalue weighted by molar-refractivity contribution is 7.10. The van der Waals surface area contributed by atoms with Crippen molar-refractivity contribution >= 4 is 17.1 Å². The molecule has 2 aliphatic rings. The van der Waals surface area contributed by atoms with E-state index in [1.165, 1.54) is 11.1 Å². The van der Waals surface area contributed by atoms with E-state index in [4.69, 9.17) is 10.5 Å². The highest BCUT2D eigenvalue weighted by Crippen LogP contribution is 2.47. The van der Waals surface area contributed by atoms with Gasteiger partial charge in [0.2, 0.25) is 5.88 Å². The molecule has 108 valence electrons. The van der Waals surface area contributed by atoms with Crippen molar-refractivity contribution in [2.75, 3.05) is 0 Å². The van der Waals surface area contributed by atoms with Gasteiger partial charge in [0.15, 0.2) is 0 Å². The average molecular weight is 306 g/mol. The van der Waals surface area contributed by atoms with Gasteiger partial charge in [0.25, 0.3) is 0 Å². The molecule has 4 heteroatoms. The Hall–Kier alpha value is -2.51. The van der Waals surface area contributed by atoms with Crippen LogP contribution in [0.2, 0.25) is 0 Å². The second kappa shape index (κ2) is 5.04. The van der Waals surface area contributed by atoms with Crippen LogP contribution in [0.5, 0.6) is 0 Å². The number of thiophene rings is 1. The maximum absolute atomic E-state index is 9.53. The molecule has 1 aliphatic carbocycles. The molecule has 1 aromatic carbocycles. The summed E-state index contributed by atoms with van der Waals surface area (Å²) >= 11 is 1.66. The number of benzene rings is 1. The highest BCUT2D eigenvalue weighted by atomic mass is 32.1. The van der Waals surface area contributed by atoms with Crippen LogP contribution in [0.15, 0.2) is 58.8 Å². The lowest BCUT2D eigenvalue weighted by Crippen LogP contribution is -2.22. The summed E-state index contributed by atoms with van der Waals surface area (Å²) < 4.78 is 5.87. The number of rotatable bonds is 1. The third-order valence-corrected chi connectivity index (χ3v) is 5.22. The Morgan fingerprint density at radius 1 is 1.18 bits per heavy atom. The topological polar surface area (TPSA) is 59.0 Å². The molecule has 0 bridgehead atoms. The zero-order chi connectivity index (χ0) is 15.1. The van der Waals surface area contributed by atoms with E-state index < -0.39 is 0 Å². The van der Waals surface area contributed by atoms with Crippen LogP contribution in [0.3, 0.4) is 0 Å². The lowest BCUT2D eigenvalue weighted by atomic mass is 9.79. The molecular weight excluding hydrogens is 292 g/mol. The molecule has 1 aliphatic heterocycles. The van der Waals surface area contributed by atoms with Crippen molar-refractivity contribution in [1.29, 1.82) is 5.26 Å². The number of hydrogen-bond acceptors (Lipinski definition) is 4. The van der Waals surface area contributed by atoms with E-state index in [2.05, 4.69) is 24.3 Å². The van der Waals surface area contributed by atoms with Gasteiger partial charge in [-0.05, 0) is 35.4 Å². The number of hydrogen-bond donors (Lipinski definition) is 1. The summed E-state index contributed by atoms with van der Waals surface area (Å²) in [6.45, 7) is 0. The van der Waals surface area contributed by atoms with E-state index in [0.717, 1.165) is 29.0 Å². The van der Waals surface area contributed by atoms with Gasteiger partial charge in [-0.1, -0.05) is 30.3 Å². The molecule has 1 atom stereocenters. The van der Waals surface area contributed by atoms with Gasteiger partial charge in [0.1, 0.15) is 17.4 Å². The van der Waals surface area contributed by atoms with Crippen LogP contribution in [0.4, 0.5) is 0 Å². The van der Waals surface area contributed by atoms with E-state index in [9.17, 15) is 5.26 Å². The van der Waals surface area contributed by atoms with E-state index in [-0.39, 0.29) is 11.8 Å². The van der Waals surface area contributed by atoms with Crippen LogP contribution in [0.25, 0.3) is 5.76 Å². The van der Waals surface area contributed by atoms with Crippen LogP contribution in [-0.2, 0) is 11.2 Å². The summed E-state index contributed by atoms with van der Waals surface area (Å²) in [6, 6.07) is 14.6. The number of allylic oxidation sites excluding steroid dienone is 2. The van der Waals surface area contributed by atoms with Gasteiger partial charge in [0, 0.05) is 10.4 Å². The fourth-order valence-electron chi connectivity index (χ4n) is 3.28. The molecule has 0 unspecified atom stereocenters. The Bertz CT molecular complexity index is 840. The summed E-state index contributed by atoms with van der Waals surface area (Å²) in [6.07, 6.45) is 1.87. The molecule has 1 aromatic heterocycles. The third-order valence-electron chi connectivity index (χ3n) is 4.28. The lowest BCUT2D eigenvalue weighted by Gasteiger charge is -2.32. The largest absolute Gasteiger partial charge is 0.440 e. The fourth-order valence-corrected chi connectivity index (χ4v) is 4.15. The molecule has 4 rings (SSSR count). The Labute approximate surface area is 133 Å². The smallest absolute Gasteiger partial charge is 0.205 e. The third kappa shape index (κ3) is 1.87. The summed E-state index contributed by atoms with van der Waals surface area (Å²) in [5, 5.41) is 11.6. The monoisotopic (exact) mass is 306 g/mol. The van der Waals surface area contributed by atoms with Gasteiger partial charge in [0.05, 0.1) is 5.92 Å². The highest BCUT2D eigenvalue weighted by Gasteiger charge is 2.36. The van der Waals surface area contributed by atoms with Gasteiger partial charge in [-0.25, -0.2) is 0 Å². The zero-order valence-electron chi connectivity index (χ0n) is 11.9. The van der Waals surface area contributed by atoms with Crippen LogP contribution < -0.4 is 5.73 Å². The van der Waals surface area contributed by atoms with Crippen LogP contribution in [0.1, 0.15) is 28.3 Å². The standard InChI is InChI=1S/C18H14N2OS/c19-10-14-16(15-6-3-9-22-15)13-8-7-11-4-1-2-5-12(11)17(13)21-18(14)20/h1-6,9,16H,7-8,20H2/t16-/m1/s1. The molecule has 2 N–H and O–H groups in total. The zero-order valence-corrected chi connectivity index (χ0v) is 12.7.